The number of hydrogen-bond acceptors (Lipinski definition) is 3. The highest BCUT2D eigenvalue weighted by atomic mass is 16.5. The van der Waals surface area contributed by atoms with E-state index in [4.69, 9.17) is 4.74 Å². The summed E-state index contributed by atoms with van der Waals surface area (Å²) in [5, 5.41) is 2.75. The molecule has 0 fully saturated rings. The molecule has 0 aliphatic heterocycles. The summed E-state index contributed by atoms with van der Waals surface area (Å²) < 4.78 is 5.72. The van der Waals surface area contributed by atoms with Crippen LogP contribution in [-0.2, 0) is 4.79 Å². The average Bonchev–Trinajstić information content (AvgIpc) is 2.67. The van der Waals surface area contributed by atoms with Crippen molar-refractivity contribution in [2.75, 3.05) is 11.9 Å². The molecule has 0 heterocycles. The van der Waals surface area contributed by atoms with Crippen molar-refractivity contribution in [1.82, 2.24) is 0 Å². The van der Waals surface area contributed by atoms with Crippen molar-refractivity contribution in [2.24, 2.45) is 0 Å². The van der Waals surface area contributed by atoms with E-state index in [0.717, 1.165) is 11.1 Å². The van der Waals surface area contributed by atoms with Gasteiger partial charge in [0.1, 0.15) is 5.75 Å². The fourth-order valence-corrected chi connectivity index (χ4v) is 2.61. The number of nitrogens with one attached hydrogen (secondary N) is 1. The third-order valence-electron chi connectivity index (χ3n) is 3.88. The maximum Gasteiger partial charge on any atom is 0.262 e. The number of carbonyl (C=O) groups is 2. The zero-order valence-electron chi connectivity index (χ0n) is 14.4. The number of ether oxygens (including phenoxy) is 1. The van der Waals surface area contributed by atoms with Gasteiger partial charge in [-0.15, -0.1) is 0 Å². The molecule has 130 valence electrons. The van der Waals surface area contributed by atoms with E-state index in [-0.39, 0.29) is 18.3 Å². The smallest absolute Gasteiger partial charge is 0.262 e. The van der Waals surface area contributed by atoms with Crippen molar-refractivity contribution in [2.45, 2.75) is 6.92 Å². The summed E-state index contributed by atoms with van der Waals surface area (Å²) in [5.74, 6) is 0.314. The Morgan fingerprint density at radius 2 is 1.62 bits per heavy atom. The number of carbonyl (C=O) groups excluding carboxylic acids is 2. The highest BCUT2D eigenvalue weighted by molar-refractivity contribution is 5.97. The van der Waals surface area contributed by atoms with Gasteiger partial charge < -0.3 is 10.1 Å². The third-order valence-corrected chi connectivity index (χ3v) is 3.88. The fourth-order valence-electron chi connectivity index (χ4n) is 2.61. The molecule has 3 aromatic rings. The van der Waals surface area contributed by atoms with Crippen LogP contribution in [-0.4, -0.2) is 18.3 Å². The summed E-state index contributed by atoms with van der Waals surface area (Å²) in [6.07, 6.45) is 0. The lowest BCUT2D eigenvalue weighted by Gasteiger charge is -2.12. The van der Waals surface area contributed by atoms with E-state index in [1.807, 2.05) is 54.6 Å². The summed E-state index contributed by atoms with van der Waals surface area (Å²) >= 11 is 0. The SMILES string of the molecule is CC(=O)c1cccc(NC(=O)COc2ccccc2-c2ccccc2)c1. The van der Waals surface area contributed by atoms with Crippen LogP contribution in [0, 0.1) is 0 Å². The van der Waals surface area contributed by atoms with Crippen molar-refractivity contribution >= 4 is 17.4 Å². The lowest BCUT2D eigenvalue weighted by atomic mass is 10.1. The van der Waals surface area contributed by atoms with Crippen LogP contribution in [0.5, 0.6) is 5.75 Å². The molecule has 26 heavy (non-hydrogen) atoms. The second-order valence-corrected chi connectivity index (χ2v) is 5.84. The van der Waals surface area contributed by atoms with E-state index >= 15 is 0 Å². The van der Waals surface area contributed by atoms with Gasteiger partial charge in [-0.2, -0.15) is 0 Å². The van der Waals surface area contributed by atoms with E-state index < -0.39 is 0 Å². The fraction of sp³-hybridized carbons (Fsp3) is 0.0909. The van der Waals surface area contributed by atoms with Crippen molar-refractivity contribution in [3.8, 4) is 16.9 Å². The Hall–Kier alpha value is -3.40. The number of Topliss-reactive ketones (excluding diaryl/α,β-unsaturated/α-hetero) is 1. The molecule has 0 bridgehead atoms. The van der Waals surface area contributed by atoms with Crippen LogP contribution in [0.1, 0.15) is 17.3 Å². The molecule has 0 spiro atoms. The minimum absolute atomic E-state index is 0.0471. The van der Waals surface area contributed by atoms with Gasteiger partial charge in [-0.3, -0.25) is 9.59 Å². The van der Waals surface area contributed by atoms with Gasteiger partial charge >= 0.3 is 0 Å². The molecule has 0 aliphatic carbocycles. The molecule has 3 rings (SSSR count). The van der Waals surface area contributed by atoms with E-state index in [2.05, 4.69) is 5.32 Å². The van der Waals surface area contributed by atoms with Crippen molar-refractivity contribution in [3.05, 3.63) is 84.4 Å². The topological polar surface area (TPSA) is 55.4 Å². The number of ketones is 1. The Kier molecular flexibility index (Phi) is 5.44. The van der Waals surface area contributed by atoms with Crippen LogP contribution in [0.4, 0.5) is 5.69 Å². The number of anilines is 1. The van der Waals surface area contributed by atoms with Gasteiger partial charge in [0.25, 0.3) is 5.91 Å². The van der Waals surface area contributed by atoms with Gasteiger partial charge in [0.15, 0.2) is 12.4 Å². The summed E-state index contributed by atoms with van der Waals surface area (Å²) in [6, 6.07) is 24.3. The number of benzene rings is 3. The Balaban J connectivity index is 1.67. The summed E-state index contributed by atoms with van der Waals surface area (Å²) in [7, 11) is 0. The molecule has 4 heteroatoms. The Morgan fingerprint density at radius 1 is 0.885 bits per heavy atom. The van der Waals surface area contributed by atoms with Crippen molar-refractivity contribution in [1.29, 1.82) is 0 Å². The van der Waals surface area contributed by atoms with E-state index in [0.29, 0.717) is 17.0 Å². The molecule has 0 aliphatic rings. The van der Waals surface area contributed by atoms with Crippen LogP contribution in [0.25, 0.3) is 11.1 Å². The standard InChI is InChI=1S/C22H19NO3/c1-16(24)18-10-7-11-19(14-18)23-22(25)15-26-21-13-6-5-12-20(21)17-8-3-2-4-9-17/h2-14H,15H2,1H3,(H,23,25). The number of para-hydroxylation sites is 1. The van der Waals surface area contributed by atoms with Gasteiger partial charge in [-0.1, -0.05) is 60.7 Å². The first kappa shape index (κ1) is 17.4. The van der Waals surface area contributed by atoms with Crippen LogP contribution in [0.2, 0.25) is 0 Å². The van der Waals surface area contributed by atoms with Gasteiger partial charge in [0, 0.05) is 16.8 Å². The molecule has 0 aromatic heterocycles. The average molecular weight is 345 g/mol. The molecule has 0 atom stereocenters. The molecule has 4 nitrogen and oxygen atoms in total. The summed E-state index contributed by atoms with van der Waals surface area (Å²) in [4.78, 5) is 23.6. The minimum atomic E-state index is -0.284. The number of hydrogen-bond donors (Lipinski definition) is 1. The van der Waals surface area contributed by atoms with Crippen molar-refractivity contribution < 1.29 is 14.3 Å². The molecule has 3 aromatic carbocycles. The first-order valence-electron chi connectivity index (χ1n) is 8.31. The van der Waals surface area contributed by atoms with Crippen LogP contribution < -0.4 is 10.1 Å². The zero-order chi connectivity index (χ0) is 18.4. The third kappa shape index (κ3) is 4.36. The molecular formula is C22H19NO3. The summed E-state index contributed by atoms with van der Waals surface area (Å²) in [5.41, 5.74) is 3.08. The van der Waals surface area contributed by atoms with Gasteiger partial charge in [0.05, 0.1) is 0 Å². The van der Waals surface area contributed by atoms with E-state index in [9.17, 15) is 9.59 Å². The van der Waals surface area contributed by atoms with Crippen molar-refractivity contribution in [3.63, 3.8) is 0 Å². The largest absolute Gasteiger partial charge is 0.483 e. The van der Waals surface area contributed by atoms with Crippen LogP contribution >= 0.6 is 0 Å². The normalized spacial score (nSPS) is 10.2. The second-order valence-electron chi connectivity index (χ2n) is 5.84. The maximum atomic E-state index is 12.2. The second kappa shape index (κ2) is 8.12. The van der Waals surface area contributed by atoms with Crippen LogP contribution in [0.3, 0.4) is 0 Å². The molecule has 0 saturated carbocycles. The Morgan fingerprint density at radius 3 is 2.38 bits per heavy atom. The predicted molar refractivity (Wildman–Crippen MR) is 102 cm³/mol. The Bertz CT molecular complexity index is 919. The lowest BCUT2D eigenvalue weighted by molar-refractivity contribution is -0.118. The maximum absolute atomic E-state index is 12.2. The van der Waals surface area contributed by atoms with Gasteiger partial charge in [0.2, 0.25) is 0 Å². The molecule has 1 N–H and O–H groups in total. The predicted octanol–water partition coefficient (Wildman–Crippen LogP) is 4.57. The zero-order valence-corrected chi connectivity index (χ0v) is 14.4. The first-order valence-corrected chi connectivity index (χ1v) is 8.31. The van der Waals surface area contributed by atoms with E-state index in [1.165, 1.54) is 6.92 Å². The summed E-state index contributed by atoms with van der Waals surface area (Å²) in [6.45, 7) is 1.37. The first-order chi connectivity index (χ1) is 12.6. The van der Waals surface area contributed by atoms with Gasteiger partial charge in [-0.05, 0) is 30.7 Å². The van der Waals surface area contributed by atoms with E-state index in [1.54, 1.807) is 24.3 Å². The minimum Gasteiger partial charge on any atom is -0.483 e. The molecular weight excluding hydrogens is 326 g/mol. The molecule has 0 radical (unpaired) electrons. The Labute approximate surface area is 152 Å². The molecule has 0 unspecified atom stereocenters. The highest BCUT2D eigenvalue weighted by Gasteiger charge is 2.09. The monoisotopic (exact) mass is 345 g/mol. The number of amides is 1. The number of rotatable bonds is 6. The van der Waals surface area contributed by atoms with Gasteiger partial charge in [-0.25, -0.2) is 0 Å². The van der Waals surface area contributed by atoms with Crippen LogP contribution in [0.15, 0.2) is 78.9 Å². The lowest BCUT2D eigenvalue weighted by Crippen LogP contribution is -2.20. The quantitative estimate of drug-likeness (QED) is 0.666. The highest BCUT2D eigenvalue weighted by Crippen LogP contribution is 2.29. The molecule has 0 saturated heterocycles. The molecule has 1 amide bonds.